The van der Waals surface area contributed by atoms with Crippen LogP contribution in [0.25, 0.3) is 76.5 Å². The molecule has 1 aromatic heterocycles. The zero-order valence-electron chi connectivity index (χ0n) is 27.6. The lowest BCUT2D eigenvalue weighted by Gasteiger charge is -2.37. The number of anilines is 3. The van der Waals surface area contributed by atoms with E-state index in [1.807, 2.05) is 6.07 Å². The summed E-state index contributed by atoms with van der Waals surface area (Å²) in [5, 5.41) is 9.83. The first kappa shape index (κ1) is 27.3. The highest BCUT2D eigenvalue weighted by atomic mass is 16.3. The third kappa shape index (κ3) is 3.83. The molecule has 9 aromatic carbocycles. The second-order valence-electron chi connectivity index (χ2n) is 14.1. The molecule has 0 atom stereocenters. The van der Waals surface area contributed by atoms with Crippen LogP contribution in [0, 0.1) is 0 Å². The van der Waals surface area contributed by atoms with E-state index in [1.165, 1.54) is 88.0 Å². The summed E-state index contributed by atoms with van der Waals surface area (Å²) in [6.45, 7) is 0.125. The smallest absolute Gasteiger partial charge is 0.248 e. The summed E-state index contributed by atoms with van der Waals surface area (Å²) in [6.07, 6.45) is 0. The van der Waals surface area contributed by atoms with Crippen LogP contribution in [0.4, 0.5) is 17.1 Å². The van der Waals surface area contributed by atoms with Gasteiger partial charge in [-0.05, 0) is 120 Å². The van der Waals surface area contributed by atoms with Gasteiger partial charge in [-0.3, -0.25) is 0 Å². The van der Waals surface area contributed by atoms with Gasteiger partial charge in [0.2, 0.25) is 6.71 Å². The molecule has 0 spiro atoms. The van der Waals surface area contributed by atoms with Gasteiger partial charge in [0.15, 0.2) is 0 Å². The zero-order valence-corrected chi connectivity index (χ0v) is 27.6. The third-order valence-corrected chi connectivity index (χ3v) is 11.4. The van der Waals surface area contributed by atoms with Crippen molar-refractivity contribution in [3.63, 3.8) is 0 Å². The number of benzene rings is 9. The van der Waals surface area contributed by atoms with E-state index in [9.17, 15) is 0 Å². The number of rotatable bonds is 2. The van der Waals surface area contributed by atoms with Crippen LogP contribution in [0.15, 0.2) is 174 Å². The largest absolute Gasteiger partial charge is 0.456 e. The molecule has 12 rings (SSSR count). The molecule has 0 fully saturated rings. The highest BCUT2D eigenvalue weighted by Gasteiger charge is 2.43. The molecule has 0 N–H and O–H groups in total. The van der Waals surface area contributed by atoms with Gasteiger partial charge in [0.25, 0.3) is 0 Å². The molecular formula is C48H28BNO. The molecular weight excluding hydrogens is 617 g/mol. The molecule has 0 bridgehead atoms. The Morgan fingerprint density at radius 2 is 1.04 bits per heavy atom. The minimum Gasteiger partial charge on any atom is -0.456 e. The Hall–Kier alpha value is -6.58. The van der Waals surface area contributed by atoms with Gasteiger partial charge in [-0.2, -0.15) is 0 Å². The van der Waals surface area contributed by atoms with Crippen molar-refractivity contribution in [3.05, 3.63) is 170 Å². The number of para-hydroxylation sites is 1. The van der Waals surface area contributed by atoms with Crippen LogP contribution >= 0.6 is 0 Å². The van der Waals surface area contributed by atoms with Crippen LogP contribution in [-0.2, 0) is 0 Å². The van der Waals surface area contributed by atoms with Crippen molar-refractivity contribution in [2.75, 3.05) is 4.90 Å². The van der Waals surface area contributed by atoms with Gasteiger partial charge in [-0.1, -0.05) is 121 Å². The molecule has 0 amide bonds. The van der Waals surface area contributed by atoms with Crippen LogP contribution < -0.4 is 21.3 Å². The Balaban J connectivity index is 1.20. The molecule has 0 unspecified atom stereocenters. The Labute approximate surface area is 294 Å². The first-order valence-corrected chi connectivity index (χ1v) is 17.7. The Bertz CT molecular complexity index is 3120. The van der Waals surface area contributed by atoms with E-state index in [4.69, 9.17) is 4.42 Å². The van der Waals surface area contributed by atoms with Crippen molar-refractivity contribution >= 4 is 94.4 Å². The summed E-state index contributed by atoms with van der Waals surface area (Å²) in [6, 6.07) is 62.8. The molecule has 51 heavy (non-hydrogen) atoms. The van der Waals surface area contributed by atoms with Gasteiger partial charge in [0.1, 0.15) is 11.2 Å². The van der Waals surface area contributed by atoms with E-state index in [0.29, 0.717) is 0 Å². The average molecular weight is 646 g/mol. The van der Waals surface area contributed by atoms with Gasteiger partial charge >= 0.3 is 0 Å². The second-order valence-corrected chi connectivity index (χ2v) is 14.1. The van der Waals surface area contributed by atoms with Crippen LogP contribution in [0.3, 0.4) is 0 Å². The monoisotopic (exact) mass is 645 g/mol. The summed E-state index contributed by atoms with van der Waals surface area (Å²) in [7, 11) is 0. The fourth-order valence-corrected chi connectivity index (χ4v) is 9.02. The number of hydrogen-bond acceptors (Lipinski definition) is 2. The molecule has 234 valence electrons. The quantitative estimate of drug-likeness (QED) is 0.174. The van der Waals surface area contributed by atoms with Crippen LogP contribution in [0.1, 0.15) is 0 Å². The Morgan fingerprint density at radius 3 is 1.84 bits per heavy atom. The molecule has 3 heteroatoms. The molecule has 0 saturated heterocycles. The van der Waals surface area contributed by atoms with E-state index in [1.54, 1.807) is 0 Å². The number of nitrogens with zero attached hydrogens (tertiary/aromatic N) is 1. The summed E-state index contributed by atoms with van der Waals surface area (Å²) in [4.78, 5) is 2.53. The standard InChI is InChI=1S/C48H28BNO/c1-2-10-30-21-37(19-17-29(30)9-1)50-44-27-34-14-6-5-13-33(34)26-43(44)49-42-25-32-12-4-3-11-31(32)22-39(42)41-24-36(28-45(50)48(41)49)35-18-20-47-40(23-35)38-15-7-8-16-46(38)51-47/h1-28H. The van der Waals surface area contributed by atoms with Crippen molar-refractivity contribution in [2.24, 2.45) is 0 Å². The number of furan rings is 1. The van der Waals surface area contributed by atoms with Crippen LogP contribution in [-0.4, -0.2) is 6.71 Å². The van der Waals surface area contributed by atoms with E-state index < -0.39 is 0 Å². The second kappa shape index (κ2) is 10.00. The van der Waals surface area contributed by atoms with Gasteiger partial charge < -0.3 is 9.32 Å². The molecule has 10 aromatic rings. The zero-order chi connectivity index (χ0) is 33.2. The van der Waals surface area contributed by atoms with Crippen molar-refractivity contribution < 1.29 is 4.42 Å². The van der Waals surface area contributed by atoms with Crippen molar-refractivity contribution in [1.29, 1.82) is 0 Å². The Kier molecular flexibility index (Phi) is 5.35. The lowest BCUT2D eigenvalue weighted by molar-refractivity contribution is 0.669. The van der Waals surface area contributed by atoms with Gasteiger partial charge in [0, 0.05) is 27.8 Å². The van der Waals surface area contributed by atoms with E-state index in [-0.39, 0.29) is 6.71 Å². The van der Waals surface area contributed by atoms with Crippen LogP contribution in [0.5, 0.6) is 0 Å². The molecule has 2 aliphatic heterocycles. The van der Waals surface area contributed by atoms with E-state index >= 15 is 0 Å². The normalized spacial score (nSPS) is 13.0. The number of hydrogen-bond donors (Lipinski definition) is 0. The topological polar surface area (TPSA) is 16.4 Å². The summed E-state index contributed by atoms with van der Waals surface area (Å²) in [5.74, 6) is 0. The predicted molar refractivity (Wildman–Crippen MR) is 216 cm³/mol. The maximum absolute atomic E-state index is 6.25. The first-order valence-electron chi connectivity index (χ1n) is 17.7. The predicted octanol–water partition coefficient (Wildman–Crippen LogP) is 11.0. The molecule has 0 radical (unpaired) electrons. The third-order valence-electron chi connectivity index (χ3n) is 11.4. The minimum absolute atomic E-state index is 0.125. The van der Waals surface area contributed by atoms with Crippen molar-refractivity contribution in [1.82, 2.24) is 0 Å². The lowest BCUT2D eigenvalue weighted by Crippen LogP contribution is -2.54. The fraction of sp³-hybridized carbons (Fsp3) is 0. The van der Waals surface area contributed by atoms with Crippen LogP contribution in [0.2, 0.25) is 0 Å². The molecule has 0 saturated carbocycles. The maximum Gasteiger partial charge on any atom is 0.248 e. The summed E-state index contributed by atoms with van der Waals surface area (Å²) in [5.41, 5.74) is 14.6. The average Bonchev–Trinajstić information content (AvgIpc) is 3.72. The highest BCUT2D eigenvalue weighted by molar-refractivity contribution is 7.01. The SMILES string of the molecule is c1ccc2cc(N3c4cc5ccccc5cc4B4c5cc6ccccc6cc5-c5cc(-c6ccc7oc8ccccc8c7c6)cc3c54)ccc2c1. The summed E-state index contributed by atoms with van der Waals surface area (Å²) < 4.78 is 6.25. The first-order chi connectivity index (χ1) is 25.2. The highest BCUT2D eigenvalue weighted by Crippen LogP contribution is 2.45. The van der Waals surface area contributed by atoms with Gasteiger partial charge in [-0.25, -0.2) is 0 Å². The molecule has 2 aliphatic rings. The van der Waals surface area contributed by atoms with Crippen molar-refractivity contribution in [2.45, 2.75) is 0 Å². The molecule has 2 nitrogen and oxygen atoms in total. The van der Waals surface area contributed by atoms with Gasteiger partial charge in [-0.15, -0.1) is 0 Å². The summed E-state index contributed by atoms with van der Waals surface area (Å²) >= 11 is 0. The van der Waals surface area contributed by atoms with E-state index in [0.717, 1.165) is 21.9 Å². The molecule has 3 heterocycles. The molecule has 0 aliphatic carbocycles. The van der Waals surface area contributed by atoms with Crippen molar-refractivity contribution in [3.8, 4) is 22.3 Å². The fourth-order valence-electron chi connectivity index (χ4n) is 9.02. The maximum atomic E-state index is 6.25. The lowest BCUT2D eigenvalue weighted by atomic mass is 9.37. The minimum atomic E-state index is 0.125. The van der Waals surface area contributed by atoms with E-state index in [2.05, 4.69) is 169 Å². The Morgan fingerprint density at radius 1 is 0.392 bits per heavy atom. The van der Waals surface area contributed by atoms with Gasteiger partial charge in [0.05, 0.1) is 0 Å². The number of fused-ring (bicyclic) bond motifs is 11.